The minimum absolute atomic E-state index is 0.0614. The molecule has 2 spiro atoms. The molecule has 4 nitrogen and oxygen atoms in total. The van der Waals surface area contributed by atoms with Gasteiger partial charge < -0.3 is 10.1 Å². The summed E-state index contributed by atoms with van der Waals surface area (Å²) < 4.78 is 5.67. The van der Waals surface area contributed by atoms with Crippen molar-refractivity contribution in [1.82, 2.24) is 10.2 Å². The van der Waals surface area contributed by atoms with Crippen LogP contribution in [0, 0.1) is 5.41 Å². The van der Waals surface area contributed by atoms with Gasteiger partial charge in [0.15, 0.2) is 10.7 Å². The highest BCUT2D eigenvalue weighted by Crippen LogP contribution is 2.60. The molecule has 1 amide bonds. The number of hydrogen-bond donors (Lipinski definition) is 1. The van der Waals surface area contributed by atoms with E-state index >= 15 is 0 Å². The minimum Gasteiger partial charge on any atom is -0.381 e. The molecule has 1 saturated heterocycles. The van der Waals surface area contributed by atoms with Crippen LogP contribution in [0.5, 0.6) is 0 Å². The van der Waals surface area contributed by atoms with Crippen LogP contribution < -0.4 is 5.32 Å². The van der Waals surface area contributed by atoms with Crippen LogP contribution in [-0.2, 0) is 21.5 Å². The van der Waals surface area contributed by atoms with Crippen LogP contribution in [-0.4, -0.2) is 35.2 Å². The van der Waals surface area contributed by atoms with E-state index in [0.29, 0.717) is 17.1 Å². The molecule has 3 aliphatic carbocycles. The fraction of sp³-hybridized carbons (Fsp3) is 0.680. The molecule has 1 N–H and O–H groups in total. The minimum atomic E-state index is -0.711. The zero-order chi connectivity index (χ0) is 21.1. The first-order chi connectivity index (χ1) is 14.4. The third-order valence-electron chi connectivity index (χ3n) is 8.48. The summed E-state index contributed by atoms with van der Waals surface area (Å²) in [5.41, 5.74) is 3.12. The van der Waals surface area contributed by atoms with E-state index in [0.717, 1.165) is 32.1 Å². The third-order valence-corrected chi connectivity index (χ3v) is 8.78. The van der Waals surface area contributed by atoms with E-state index in [9.17, 15) is 4.79 Å². The van der Waals surface area contributed by atoms with Gasteiger partial charge in [0, 0.05) is 18.6 Å². The first-order valence-corrected chi connectivity index (χ1v) is 12.1. The average molecular weight is 427 g/mol. The van der Waals surface area contributed by atoms with Gasteiger partial charge in [-0.05, 0) is 93.6 Å². The predicted molar refractivity (Wildman–Crippen MR) is 122 cm³/mol. The van der Waals surface area contributed by atoms with Crippen molar-refractivity contribution in [2.75, 3.05) is 7.11 Å². The first kappa shape index (κ1) is 20.4. The topological polar surface area (TPSA) is 41.6 Å². The Morgan fingerprint density at radius 1 is 1.17 bits per heavy atom. The number of ether oxygens (including phenoxy) is 1. The molecule has 1 unspecified atom stereocenters. The average Bonchev–Trinajstić information content (AvgIpc) is 3.41. The highest BCUT2D eigenvalue weighted by molar-refractivity contribution is 7.80. The molecular weight excluding hydrogens is 392 g/mol. The molecule has 0 radical (unpaired) electrons. The van der Waals surface area contributed by atoms with E-state index in [4.69, 9.17) is 17.0 Å². The second-order valence-electron chi connectivity index (χ2n) is 10.2. The summed E-state index contributed by atoms with van der Waals surface area (Å²) in [6.07, 6.45) is 10.4. The Labute approximate surface area is 185 Å². The number of fused-ring (bicyclic) bond motifs is 3. The summed E-state index contributed by atoms with van der Waals surface area (Å²) in [5, 5.41) is 4.24. The van der Waals surface area contributed by atoms with Gasteiger partial charge in [-0.1, -0.05) is 31.0 Å². The molecule has 162 valence electrons. The Morgan fingerprint density at radius 3 is 2.47 bits per heavy atom. The number of carbonyl (C=O) groups excluding carboxylic acids is 1. The summed E-state index contributed by atoms with van der Waals surface area (Å²) in [5.74, 6) is 0.804. The van der Waals surface area contributed by atoms with Gasteiger partial charge in [-0.25, -0.2) is 0 Å². The van der Waals surface area contributed by atoms with Crippen molar-refractivity contribution >= 4 is 23.2 Å². The first-order valence-electron chi connectivity index (χ1n) is 11.7. The van der Waals surface area contributed by atoms with Crippen molar-refractivity contribution < 1.29 is 9.53 Å². The molecule has 0 aromatic heterocycles. The Balaban J connectivity index is 1.63. The summed E-state index contributed by atoms with van der Waals surface area (Å²) in [6, 6.07) is 7.09. The van der Waals surface area contributed by atoms with Crippen LogP contribution in [0.3, 0.4) is 0 Å². The number of benzene rings is 1. The summed E-state index contributed by atoms with van der Waals surface area (Å²) in [4.78, 5) is 16.0. The number of amides is 1. The fourth-order valence-electron chi connectivity index (χ4n) is 6.88. The van der Waals surface area contributed by atoms with Crippen LogP contribution in [0.1, 0.15) is 87.8 Å². The normalized spacial score (nSPS) is 33.9. The molecule has 1 heterocycles. The number of carbonyl (C=O) groups is 1. The summed E-state index contributed by atoms with van der Waals surface area (Å²) in [7, 11) is 1.81. The predicted octanol–water partition coefficient (Wildman–Crippen LogP) is 4.80. The van der Waals surface area contributed by atoms with Crippen molar-refractivity contribution in [3.8, 4) is 0 Å². The van der Waals surface area contributed by atoms with Crippen LogP contribution >= 0.6 is 12.2 Å². The third kappa shape index (κ3) is 2.74. The number of nitrogens with one attached hydrogen (secondary N) is 1. The lowest BCUT2D eigenvalue weighted by molar-refractivity contribution is -0.139. The molecule has 5 heteroatoms. The smallest absolute Gasteiger partial charge is 0.259 e. The highest BCUT2D eigenvalue weighted by Gasteiger charge is 2.67. The second kappa shape index (κ2) is 7.30. The van der Waals surface area contributed by atoms with Gasteiger partial charge >= 0.3 is 0 Å². The van der Waals surface area contributed by atoms with Crippen molar-refractivity contribution in [1.29, 1.82) is 0 Å². The summed E-state index contributed by atoms with van der Waals surface area (Å²) >= 11 is 5.74. The molecule has 1 aromatic rings. The molecule has 3 fully saturated rings. The maximum Gasteiger partial charge on any atom is 0.259 e. The summed E-state index contributed by atoms with van der Waals surface area (Å²) in [6.45, 7) is 4.12. The molecule has 0 bridgehead atoms. The molecule has 1 atom stereocenters. The van der Waals surface area contributed by atoms with Gasteiger partial charge in [-0.15, -0.1) is 0 Å². The number of rotatable bonds is 3. The van der Waals surface area contributed by atoms with Gasteiger partial charge in [-0.2, -0.15) is 0 Å². The number of hydrogen-bond acceptors (Lipinski definition) is 3. The maximum absolute atomic E-state index is 14.1. The lowest BCUT2D eigenvalue weighted by Crippen LogP contribution is -2.57. The van der Waals surface area contributed by atoms with Crippen molar-refractivity contribution in [3.63, 3.8) is 0 Å². The zero-order valence-electron chi connectivity index (χ0n) is 18.5. The van der Waals surface area contributed by atoms with Crippen molar-refractivity contribution in [2.45, 2.75) is 95.2 Å². The standard InChI is InChI=1S/C25H34N2O2S/c1-16(2)27-22(28)25(26-23(27)30)21-14-18(17-6-4-5-7-17)8-9-19(21)15-24(25)12-10-20(29-3)11-13-24/h8-9,14,16-17,20H,4-7,10-13,15H2,1-3H3,(H,26,30)/t20-,24-,25?. The number of thiocarbonyl (C=S) groups is 1. The molecule has 5 rings (SSSR count). The van der Waals surface area contributed by atoms with Crippen molar-refractivity contribution in [3.05, 3.63) is 34.9 Å². The highest BCUT2D eigenvalue weighted by atomic mass is 32.1. The Kier molecular flexibility index (Phi) is 4.98. The van der Waals surface area contributed by atoms with Crippen molar-refractivity contribution in [2.24, 2.45) is 5.41 Å². The van der Waals surface area contributed by atoms with Gasteiger partial charge in [0.05, 0.1) is 6.10 Å². The SMILES string of the molecule is CO[C@H]1CC[C@]2(CC1)Cc1ccc(C3CCCC3)cc1C21NC(=S)N(C(C)C)C1=O. The van der Waals surface area contributed by atoms with Gasteiger partial charge in [-0.3, -0.25) is 9.69 Å². The Hall–Kier alpha value is -1.46. The van der Waals surface area contributed by atoms with Gasteiger partial charge in [0.2, 0.25) is 0 Å². The monoisotopic (exact) mass is 426 g/mol. The lowest BCUT2D eigenvalue weighted by Gasteiger charge is -2.46. The fourth-order valence-corrected chi connectivity index (χ4v) is 7.33. The number of nitrogens with zero attached hydrogens (tertiary/aromatic N) is 1. The van der Waals surface area contributed by atoms with Crippen LogP contribution in [0.4, 0.5) is 0 Å². The van der Waals surface area contributed by atoms with E-state index < -0.39 is 5.54 Å². The molecule has 30 heavy (non-hydrogen) atoms. The molecule has 4 aliphatic rings. The lowest BCUT2D eigenvalue weighted by atomic mass is 9.61. The van der Waals surface area contributed by atoms with E-state index in [-0.39, 0.29) is 17.4 Å². The van der Waals surface area contributed by atoms with E-state index in [2.05, 4.69) is 37.4 Å². The van der Waals surface area contributed by atoms with E-state index in [1.54, 1.807) is 0 Å². The van der Waals surface area contributed by atoms with E-state index in [1.165, 1.54) is 42.4 Å². The zero-order valence-corrected chi connectivity index (χ0v) is 19.3. The quantitative estimate of drug-likeness (QED) is 0.705. The molecular formula is C25H34N2O2S. The Bertz CT molecular complexity index is 868. The number of methoxy groups -OCH3 is 1. The van der Waals surface area contributed by atoms with Crippen LogP contribution in [0.15, 0.2) is 18.2 Å². The molecule has 2 saturated carbocycles. The largest absolute Gasteiger partial charge is 0.381 e. The van der Waals surface area contributed by atoms with Gasteiger partial charge in [0.25, 0.3) is 5.91 Å². The van der Waals surface area contributed by atoms with Crippen LogP contribution in [0.2, 0.25) is 0 Å². The Morgan fingerprint density at radius 2 is 1.87 bits per heavy atom. The second-order valence-corrected chi connectivity index (χ2v) is 10.6. The molecule has 1 aliphatic heterocycles. The van der Waals surface area contributed by atoms with Crippen LogP contribution in [0.25, 0.3) is 0 Å². The van der Waals surface area contributed by atoms with Gasteiger partial charge in [0.1, 0.15) is 0 Å². The van der Waals surface area contributed by atoms with E-state index in [1.807, 2.05) is 12.0 Å². The maximum atomic E-state index is 14.1. The molecule has 1 aromatic carbocycles.